The Kier molecular flexibility index (Phi) is 7.77. The number of nitrogens with two attached hydrogens (primary N) is 1. The highest BCUT2D eigenvalue weighted by Crippen LogP contribution is 2.36. The maximum Gasteiger partial charge on any atom is 0.328 e. The lowest BCUT2D eigenvalue weighted by molar-refractivity contribution is -0.134. The minimum absolute atomic E-state index is 0.158. The fourth-order valence-electron chi connectivity index (χ4n) is 3.50. The van der Waals surface area contributed by atoms with Crippen molar-refractivity contribution in [2.24, 2.45) is 5.73 Å². The van der Waals surface area contributed by atoms with Crippen LogP contribution in [-0.2, 0) is 14.4 Å². The summed E-state index contributed by atoms with van der Waals surface area (Å²) in [4.78, 5) is 36.6. The first-order valence-corrected chi connectivity index (χ1v) is 9.08. The summed E-state index contributed by atoms with van der Waals surface area (Å²) in [6.45, 7) is 0.362. The molecule has 152 valence electrons. The average molecular weight is 412 g/mol. The molecule has 2 aliphatic rings. The maximum absolute atomic E-state index is 11.1. The molecule has 3 heterocycles. The predicted octanol–water partition coefficient (Wildman–Crippen LogP) is 1.31. The van der Waals surface area contributed by atoms with Gasteiger partial charge in [0.2, 0.25) is 11.8 Å². The number of piperidine rings is 1. The van der Waals surface area contributed by atoms with Gasteiger partial charge in [0.1, 0.15) is 6.10 Å². The monoisotopic (exact) mass is 411 g/mol. The highest BCUT2D eigenvalue weighted by atomic mass is 35.5. The van der Waals surface area contributed by atoms with Crippen LogP contribution in [0.2, 0.25) is 5.02 Å². The Labute approximate surface area is 166 Å². The summed E-state index contributed by atoms with van der Waals surface area (Å²) >= 11 is 5.81. The number of ether oxygens (including phenoxy) is 1. The minimum atomic E-state index is -1.26. The Hall–Kier alpha value is -2.65. The van der Waals surface area contributed by atoms with E-state index >= 15 is 0 Å². The number of primary amides is 1. The van der Waals surface area contributed by atoms with E-state index in [0.29, 0.717) is 41.7 Å². The lowest BCUT2D eigenvalue weighted by atomic mass is 9.99. The summed E-state index contributed by atoms with van der Waals surface area (Å²) in [6, 6.07) is 4.37. The van der Waals surface area contributed by atoms with Gasteiger partial charge in [0, 0.05) is 36.5 Å². The first kappa shape index (κ1) is 21.6. The number of carbonyl (C=O) groups excluding carboxylic acids is 1. The van der Waals surface area contributed by atoms with Gasteiger partial charge in [0.15, 0.2) is 0 Å². The van der Waals surface area contributed by atoms with Crippen LogP contribution < -0.4 is 10.5 Å². The molecule has 2 aliphatic heterocycles. The highest BCUT2D eigenvalue weighted by molar-refractivity contribution is 6.30. The molecule has 2 unspecified atom stereocenters. The molecule has 0 aromatic carbocycles. The van der Waals surface area contributed by atoms with E-state index in [0.717, 1.165) is 25.7 Å². The number of halogens is 1. The van der Waals surface area contributed by atoms with Crippen LogP contribution in [0.3, 0.4) is 0 Å². The van der Waals surface area contributed by atoms with E-state index in [1.807, 2.05) is 0 Å². The zero-order valence-corrected chi connectivity index (χ0v) is 15.8. The van der Waals surface area contributed by atoms with E-state index in [2.05, 4.69) is 9.88 Å². The Bertz CT molecular complexity index is 709. The van der Waals surface area contributed by atoms with Crippen molar-refractivity contribution in [2.45, 2.75) is 43.9 Å². The molecule has 0 spiro atoms. The van der Waals surface area contributed by atoms with Gasteiger partial charge in [-0.1, -0.05) is 11.6 Å². The van der Waals surface area contributed by atoms with Crippen molar-refractivity contribution in [1.82, 2.24) is 9.88 Å². The molecule has 0 radical (unpaired) electrons. The number of carbonyl (C=O) groups is 3. The molecule has 9 nitrogen and oxygen atoms in total. The van der Waals surface area contributed by atoms with E-state index in [4.69, 9.17) is 32.3 Å². The molecule has 4 N–H and O–H groups in total. The third kappa shape index (κ3) is 6.82. The van der Waals surface area contributed by atoms with Crippen LogP contribution in [0, 0.1) is 0 Å². The van der Waals surface area contributed by atoms with Crippen molar-refractivity contribution in [3.05, 3.63) is 35.5 Å². The molecular formula is C18H22ClN3O6. The number of amides is 1. The van der Waals surface area contributed by atoms with Crippen LogP contribution in [0.15, 0.2) is 30.5 Å². The van der Waals surface area contributed by atoms with E-state index in [1.165, 1.54) is 0 Å². The first-order chi connectivity index (χ1) is 13.2. The standard InChI is InChI=1S/C14H18ClN3O2.C4H4O4/c15-9-1-4-14(17-7-9)20-12-5-10-2-3-11(6-12)18(10)8-13(16)19;5-3(6)1-2-4(7)8/h1,4,7,10-12H,2-3,5-6,8H2,(H2,16,19);1-2H,(H,5,6)(H,7,8). The van der Waals surface area contributed by atoms with E-state index in [9.17, 15) is 14.4 Å². The number of hydrogen-bond donors (Lipinski definition) is 3. The van der Waals surface area contributed by atoms with Crippen molar-refractivity contribution in [1.29, 1.82) is 0 Å². The fraction of sp³-hybridized carbons (Fsp3) is 0.444. The van der Waals surface area contributed by atoms with Crippen molar-refractivity contribution >= 4 is 29.4 Å². The zero-order valence-electron chi connectivity index (χ0n) is 15.0. The van der Waals surface area contributed by atoms with Crippen molar-refractivity contribution in [2.75, 3.05) is 6.54 Å². The smallest absolute Gasteiger partial charge is 0.328 e. The molecule has 3 rings (SSSR count). The second-order valence-electron chi connectivity index (χ2n) is 6.56. The third-order valence-electron chi connectivity index (χ3n) is 4.54. The minimum Gasteiger partial charge on any atom is -0.478 e. The topological polar surface area (TPSA) is 143 Å². The fourth-order valence-corrected chi connectivity index (χ4v) is 3.62. The van der Waals surface area contributed by atoms with Crippen molar-refractivity contribution < 1.29 is 29.3 Å². The van der Waals surface area contributed by atoms with E-state index in [-0.39, 0.29) is 12.0 Å². The number of nitrogens with zero attached hydrogens (tertiary/aromatic N) is 2. The van der Waals surface area contributed by atoms with Gasteiger partial charge in [0.25, 0.3) is 0 Å². The lowest BCUT2D eigenvalue weighted by Crippen LogP contribution is -2.49. The first-order valence-electron chi connectivity index (χ1n) is 8.70. The number of carboxylic acid groups (broad SMARTS) is 2. The Morgan fingerprint density at radius 3 is 2.18 bits per heavy atom. The van der Waals surface area contributed by atoms with Gasteiger partial charge in [0.05, 0.1) is 11.6 Å². The van der Waals surface area contributed by atoms with E-state index < -0.39 is 11.9 Å². The number of rotatable bonds is 6. The quantitative estimate of drug-likeness (QED) is 0.594. The number of aromatic nitrogens is 1. The Morgan fingerprint density at radius 1 is 1.18 bits per heavy atom. The largest absolute Gasteiger partial charge is 0.478 e. The van der Waals surface area contributed by atoms with Gasteiger partial charge in [-0.05, 0) is 31.7 Å². The van der Waals surface area contributed by atoms with Crippen LogP contribution in [0.4, 0.5) is 0 Å². The van der Waals surface area contributed by atoms with Crippen molar-refractivity contribution in [3.8, 4) is 5.88 Å². The summed E-state index contributed by atoms with van der Waals surface area (Å²) in [5, 5.41) is 16.2. The summed E-state index contributed by atoms with van der Waals surface area (Å²) in [5.74, 6) is -2.15. The van der Waals surface area contributed by atoms with E-state index in [1.54, 1.807) is 18.3 Å². The number of carboxylic acids is 2. The van der Waals surface area contributed by atoms with Gasteiger partial charge in [-0.15, -0.1) is 0 Å². The number of fused-ring (bicyclic) bond motifs is 2. The summed E-state index contributed by atoms with van der Waals surface area (Å²) in [7, 11) is 0. The highest BCUT2D eigenvalue weighted by Gasteiger charge is 2.42. The maximum atomic E-state index is 11.1. The molecule has 2 fully saturated rings. The molecule has 10 heteroatoms. The molecular weight excluding hydrogens is 390 g/mol. The van der Waals surface area contributed by atoms with Crippen LogP contribution in [0.5, 0.6) is 5.88 Å². The molecule has 1 aromatic heterocycles. The molecule has 2 atom stereocenters. The molecule has 0 saturated carbocycles. The molecule has 1 amide bonds. The molecule has 2 saturated heterocycles. The van der Waals surface area contributed by atoms with Gasteiger partial charge in [-0.25, -0.2) is 14.6 Å². The summed E-state index contributed by atoms with van der Waals surface area (Å²) < 4.78 is 5.93. The SMILES string of the molecule is NC(=O)CN1C2CCC1CC(Oc1ccc(Cl)cn1)C2.O=C(O)C=CC(=O)O. The normalized spacial score (nSPS) is 23.7. The Balaban J connectivity index is 0.000000300. The summed E-state index contributed by atoms with van der Waals surface area (Å²) in [6.07, 6.45) is 6.95. The van der Waals surface area contributed by atoms with Crippen LogP contribution in [-0.4, -0.2) is 62.7 Å². The average Bonchev–Trinajstić information content (AvgIpc) is 2.85. The number of hydrogen-bond acceptors (Lipinski definition) is 6. The molecule has 0 aliphatic carbocycles. The van der Waals surface area contributed by atoms with Crippen LogP contribution in [0.25, 0.3) is 0 Å². The van der Waals surface area contributed by atoms with Gasteiger partial charge < -0.3 is 20.7 Å². The van der Waals surface area contributed by atoms with Crippen LogP contribution >= 0.6 is 11.6 Å². The molecule has 2 bridgehead atoms. The zero-order chi connectivity index (χ0) is 20.7. The predicted molar refractivity (Wildman–Crippen MR) is 100 cm³/mol. The number of aliphatic carboxylic acids is 2. The summed E-state index contributed by atoms with van der Waals surface area (Å²) in [5.41, 5.74) is 5.31. The molecule has 28 heavy (non-hydrogen) atoms. The second kappa shape index (κ2) is 10.0. The number of pyridine rings is 1. The van der Waals surface area contributed by atoms with Crippen molar-refractivity contribution in [3.63, 3.8) is 0 Å². The molecule has 1 aromatic rings. The van der Waals surface area contributed by atoms with Crippen LogP contribution in [0.1, 0.15) is 25.7 Å². The van der Waals surface area contributed by atoms with Gasteiger partial charge in [-0.2, -0.15) is 0 Å². The third-order valence-corrected chi connectivity index (χ3v) is 4.76. The van der Waals surface area contributed by atoms with Gasteiger partial charge >= 0.3 is 11.9 Å². The van der Waals surface area contributed by atoms with Gasteiger partial charge in [-0.3, -0.25) is 9.69 Å². The second-order valence-corrected chi connectivity index (χ2v) is 7.00. The lowest BCUT2D eigenvalue weighted by Gasteiger charge is -2.37. The Morgan fingerprint density at radius 2 is 1.75 bits per heavy atom.